The average molecular weight is 691 g/mol. The van der Waals surface area contributed by atoms with Gasteiger partial charge in [0.2, 0.25) is 0 Å². The molecule has 0 spiro atoms. The van der Waals surface area contributed by atoms with Gasteiger partial charge in [-0.25, -0.2) is 28.7 Å². The first kappa shape index (κ1) is 36.8. The largest absolute Gasteiger partial charge is 0.462 e. The molecule has 4 aromatic rings. The molecule has 2 heterocycles. The summed E-state index contributed by atoms with van der Waals surface area (Å²) in [6.45, 7) is 4.23. The van der Waals surface area contributed by atoms with Crippen molar-refractivity contribution in [1.82, 2.24) is 30.0 Å². The highest BCUT2D eigenvalue weighted by Gasteiger charge is 2.30. The summed E-state index contributed by atoms with van der Waals surface area (Å²) in [5.74, 6) is -0.177. The van der Waals surface area contributed by atoms with Gasteiger partial charge in [0.15, 0.2) is 0 Å². The van der Waals surface area contributed by atoms with Gasteiger partial charge in [0.25, 0.3) is 0 Å². The number of carbonyl (C=O) groups excluding carboxylic acids is 2. The van der Waals surface area contributed by atoms with Crippen molar-refractivity contribution in [2.75, 3.05) is 13.2 Å². The standard InChI is InChI=1S/2C18H23N3O4/c2*1-2-24-18(22)14-8-10-15(11-9-14)21-12-16(19-20-21)17(25-23)13-6-4-3-5-7-13/h2*8-13,17,23H,2-7H2,1H3/t2*17-/m10/s1. The molecule has 2 aliphatic rings. The number of benzene rings is 2. The van der Waals surface area contributed by atoms with Crippen molar-refractivity contribution in [2.45, 2.75) is 90.3 Å². The molecule has 6 rings (SSSR count). The Hall–Kier alpha value is -4.50. The van der Waals surface area contributed by atoms with Gasteiger partial charge in [-0.1, -0.05) is 49.0 Å². The Morgan fingerprint density at radius 1 is 0.640 bits per heavy atom. The lowest BCUT2D eigenvalue weighted by Gasteiger charge is -2.26. The maximum Gasteiger partial charge on any atom is 0.338 e. The molecule has 0 unspecified atom stereocenters. The molecule has 2 saturated carbocycles. The van der Waals surface area contributed by atoms with Crippen molar-refractivity contribution >= 4 is 11.9 Å². The van der Waals surface area contributed by atoms with E-state index in [-0.39, 0.29) is 23.8 Å². The van der Waals surface area contributed by atoms with Gasteiger partial charge >= 0.3 is 11.9 Å². The monoisotopic (exact) mass is 690 g/mol. The molecule has 0 amide bonds. The average Bonchev–Trinajstić information content (AvgIpc) is 3.85. The lowest BCUT2D eigenvalue weighted by atomic mass is 9.84. The Morgan fingerprint density at radius 3 is 1.32 bits per heavy atom. The van der Waals surface area contributed by atoms with Crippen LogP contribution in [0.15, 0.2) is 60.9 Å². The fourth-order valence-corrected chi connectivity index (χ4v) is 6.63. The quantitative estimate of drug-likeness (QED) is 0.0878. The zero-order valence-electron chi connectivity index (χ0n) is 28.6. The van der Waals surface area contributed by atoms with Crippen LogP contribution in [0.2, 0.25) is 0 Å². The van der Waals surface area contributed by atoms with Crippen LogP contribution in [0.1, 0.15) is 122 Å². The predicted octanol–water partition coefficient (Wildman–Crippen LogP) is 7.11. The summed E-state index contributed by atoms with van der Waals surface area (Å²) >= 11 is 0. The van der Waals surface area contributed by atoms with Gasteiger partial charge in [0.1, 0.15) is 23.6 Å². The number of esters is 2. The number of hydrogen-bond donors (Lipinski definition) is 2. The Bertz CT molecular complexity index is 1510. The minimum absolute atomic E-state index is 0.259. The maximum atomic E-state index is 11.7. The second-order valence-electron chi connectivity index (χ2n) is 12.6. The number of nitrogens with zero attached hydrogens (tertiary/aromatic N) is 6. The van der Waals surface area contributed by atoms with Crippen LogP contribution in [0.3, 0.4) is 0 Å². The summed E-state index contributed by atoms with van der Waals surface area (Å²) in [6, 6.07) is 13.9. The molecule has 0 radical (unpaired) electrons. The normalized spacial score (nSPS) is 16.6. The Balaban J connectivity index is 0.000000194. The summed E-state index contributed by atoms with van der Waals surface area (Å²) in [5, 5.41) is 35.2. The van der Waals surface area contributed by atoms with Crippen LogP contribution in [0.25, 0.3) is 11.4 Å². The van der Waals surface area contributed by atoms with E-state index in [0.29, 0.717) is 35.7 Å². The van der Waals surface area contributed by atoms with Gasteiger partial charge in [0, 0.05) is 0 Å². The molecular formula is C36H46N6O8. The lowest BCUT2D eigenvalue weighted by Crippen LogP contribution is -2.18. The zero-order valence-corrected chi connectivity index (χ0v) is 28.6. The molecule has 14 heteroatoms. The third-order valence-corrected chi connectivity index (χ3v) is 9.27. The molecule has 2 aliphatic carbocycles. The fraction of sp³-hybridized carbons (Fsp3) is 0.500. The molecule has 2 aromatic carbocycles. The van der Waals surface area contributed by atoms with Crippen molar-refractivity contribution < 1.29 is 39.4 Å². The minimum atomic E-state index is -0.451. The summed E-state index contributed by atoms with van der Waals surface area (Å²) in [4.78, 5) is 32.8. The van der Waals surface area contributed by atoms with Gasteiger partial charge in [0.05, 0.1) is 48.1 Å². The molecule has 2 N–H and O–H groups in total. The summed E-state index contributed by atoms with van der Waals surface area (Å²) < 4.78 is 13.2. The van der Waals surface area contributed by atoms with Crippen LogP contribution >= 0.6 is 0 Å². The molecule has 2 fully saturated rings. The van der Waals surface area contributed by atoms with E-state index >= 15 is 0 Å². The maximum absolute atomic E-state index is 11.7. The third kappa shape index (κ3) is 9.38. The smallest absolute Gasteiger partial charge is 0.338 e. The van der Waals surface area contributed by atoms with E-state index < -0.39 is 12.2 Å². The number of aromatic nitrogens is 6. The summed E-state index contributed by atoms with van der Waals surface area (Å²) in [7, 11) is 0. The van der Waals surface area contributed by atoms with Crippen LogP contribution in [-0.4, -0.2) is 65.7 Å². The Kier molecular flexibility index (Phi) is 13.6. The van der Waals surface area contributed by atoms with Crippen LogP contribution in [-0.2, 0) is 19.2 Å². The second-order valence-corrected chi connectivity index (χ2v) is 12.6. The van der Waals surface area contributed by atoms with Crippen LogP contribution < -0.4 is 0 Å². The third-order valence-electron chi connectivity index (χ3n) is 9.27. The Labute approximate surface area is 291 Å². The summed E-state index contributed by atoms with van der Waals surface area (Å²) in [6.07, 6.45) is 13.7. The molecule has 0 bridgehead atoms. The number of carbonyl (C=O) groups is 2. The van der Waals surface area contributed by atoms with Gasteiger partial charge < -0.3 is 9.47 Å². The Morgan fingerprint density at radius 2 is 1.00 bits per heavy atom. The first-order valence-electron chi connectivity index (χ1n) is 17.5. The molecule has 0 saturated heterocycles. The molecule has 0 aliphatic heterocycles. The van der Waals surface area contributed by atoms with E-state index in [1.165, 1.54) is 12.8 Å². The number of hydrogen-bond acceptors (Lipinski definition) is 12. The van der Waals surface area contributed by atoms with Crippen molar-refractivity contribution in [2.24, 2.45) is 11.8 Å². The van der Waals surface area contributed by atoms with E-state index in [9.17, 15) is 20.1 Å². The van der Waals surface area contributed by atoms with Crippen molar-refractivity contribution in [3.05, 3.63) is 83.4 Å². The zero-order chi connectivity index (χ0) is 35.3. The van der Waals surface area contributed by atoms with Crippen molar-refractivity contribution in [1.29, 1.82) is 0 Å². The molecule has 50 heavy (non-hydrogen) atoms. The van der Waals surface area contributed by atoms with E-state index in [0.717, 1.165) is 62.7 Å². The SMILES string of the molecule is CCOC(=O)c1ccc(-n2cc([C@@H](OO)C3CCCCC3)nn2)cc1.CCOC(=O)c1ccc(-n2cc([C@H](OO)C3CCCCC3)nn2)cc1. The van der Waals surface area contributed by atoms with Crippen molar-refractivity contribution in [3.8, 4) is 11.4 Å². The van der Waals surface area contributed by atoms with E-state index in [2.05, 4.69) is 20.6 Å². The minimum Gasteiger partial charge on any atom is -0.462 e. The highest BCUT2D eigenvalue weighted by molar-refractivity contribution is 5.90. The predicted molar refractivity (Wildman–Crippen MR) is 181 cm³/mol. The first-order chi connectivity index (χ1) is 24.4. The van der Waals surface area contributed by atoms with Crippen LogP contribution in [0, 0.1) is 11.8 Å². The van der Waals surface area contributed by atoms with Crippen LogP contribution in [0.4, 0.5) is 0 Å². The molecular weight excluding hydrogens is 644 g/mol. The number of ether oxygens (including phenoxy) is 2. The first-order valence-corrected chi connectivity index (χ1v) is 17.5. The highest BCUT2D eigenvalue weighted by Crippen LogP contribution is 2.37. The fourth-order valence-electron chi connectivity index (χ4n) is 6.63. The van der Waals surface area contributed by atoms with Gasteiger partial charge in [-0.15, -0.1) is 10.2 Å². The van der Waals surface area contributed by atoms with E-state index in [1.54, 1.807) is 84.1 Å². The molecule has 2 aromatic heterocycles. The topological polar surface area (TPSA) is 173 Å². The molecule has 2 atom stereocenters. The van der Waals surface area contributed by atoms with E-state index in [1.807, 2.05) is 0 Å². The summed E-state index contributed by atoms with van der Waals surface area (Å²) in [5.41, 5.74) is 3.75. The molecule has 268 valence electrons. The van der Waals surface area contributed by atoms with Gasteiger partial charge in [-0.2, -0.15) is 0 Å². The molecule has 14 nitrogen and oxygen atoms in total. The second kappa shape index (κ2) is 18.5. The van der Waals surface area contributed by atoms with Gasteiger partial charge in [-0.3, -0.25) is 10.5 Å². The van der Waals surface area contributed by atoms with Crippen LogP contribution in [0.5, 0.6) is 0 Å². The number of rotatable bonds is 12. The van der Waals surface area contributed by atoms with E-state index in [4.69, 9.17) is 19.2 Å². The lowest BCUT2D eigenvalue weighted by molar-refractivity contribution is -0.296. The van der Waals surface area contributed by atoms with Crippen molar-refractivity contribution in [3.63, 3.8) is 0 Å². The van der Waals surface area contributed by atoms with Gasteiger partial charge in [-0.05, 0) is 99.9 Å². The highest BCUT2D eigenvalue weighted by atomic mass is 17.1.